The Morgan fingerprint density at radius 2 is 1.92 bits per heavy atom. The summed E-state index contributed by atoms with van der Waals surface area (Å²) in [5.74, 6) is 2.62. The molecule has 1 aromatic heterocycles. The van der Waals surface area contributed by atoms with Crippen molar-refractivity contribution in [3.05, 3.63) is 64.3 Å². The van der Waals surface area contributed by atoms with Crippen LogP contribution in [0.2, 0.25) is 5.02 Å². The maximum Gasteiger partial charge on any atom is 0.144 e. The van der Waals surface area contributed by atoms with E-state index < -0.39 is 0 Å². The molecule has 0 aliphatic carbocycles. The number of anilines is 1. The second kappa shape index (κ2) is 6.92. The van der Waals surface area contributed by atoms with Gasteiger partial charge in [0.15, 0.2) is 0 Å². The second-order valence-electron chi connectivity index (χ2n) is 6.17. The van der Waals surface area contributed by atoms with E-state index in [-0.39, 0.29) is 0 Å². The molecule has 0 unspecified atom stereocenters. The summed E-state index contributed by atoms with van der Waals surface area (Å²) in [6.07, 6.45) is 1.66. The molecule has 2 aromatic carbocycles. The molecule has 4 rings (SSSR count). The number of hydrogen-bond donors (Lipinski definition) is 1. The van der Waals surface area contributed by atoms with Crippen LogP contribution < -0.4 is 14.8 Å². The summed E-state index contributed by atoms with van der Waals surface area (Å²) in [4.78, 5) is 0. The van der Waals surface area contributed by atoms with Crippen LogP contribution in [0, 0.1) is 0 Å². The Morgan fingerprint density at radius 3 is 2.73 bits per heavy atom. The largest absolute Gasteiger partial charge is 0.496 e. The van der Waals surface area contributed by atoms with Gasteiger partial charge in [0, 0.05) is 29.1 Å². The highest BCUT2D eigenvalue weighted by Crippen LogP contribution is 2.35. The molecule has 0 atom stereocenters. The summed E-state index contributed by atoms with van der Waals surface area (Å²) >= 11 is 6.22. The van der Waals surface area contributed by atoms with Crippen LogP contribution in [-0.4, -0.2) is 30.5 Å². The zero-order chi connectivity index (χ0) is 18.1. The average Bonchev–Trinajstić information content (AvgIpc) is 3.26. The van der Waals surface area contributed by atoms with Crippen molar-refractivity contribution in [1.29, 1.82) is 0 Å². The Kier molecular flexibility index (Phi) is 4.47. The van der Waals surface area contributed by atoms with Gasteiger partial charge in [-0.05, 0) is 30.7 Å². The third kappa shape index (κ3) is 2.88. The van der Waals surface area contributed by atoms with Crippen molar-refractivity contribution >= 4 is 17.4 Å². The summed E-state index contributed by atoms with van der Waals surface area (Å²) in [7, 11) is 3.35. The van der Waals surface area contributed by atoms with Gasteiger partial charge in [-0.3, -0.25) is 0 Å². The van der Waals surface area contributed by atoms with Crippen LogP contribution in [0.25, 0.3) is 5.69 Å². The Bertz CT molecular complexity index is 952. The molecule has 0 amide bonds. The molecule has 0 saturated carbocycles. The number of rotatable bonds is 5. The maximum absolute atomic E-state index is 6.22. The van der Waals surface area contributed by atoms with Gasteiger partial charge in [-0.1, -0.05) is 29.8 Å². The monoisotopic (exact) mass is 369 g/mol. The molecule has 0 fully saturated rings. The van der Waals surface area contributed by atoms with Crippen molar-refractivity contribution in [2.45, 2.75) is 12.8 Å². The lowest BCUT2D eigenvalue weighted by Gasteiger charge is -2.11. The summed E-state index contributed by atoms with van der Waals surface area (Å²) in [6, 6.07) is 13.6. The van der Waals surface area contributed by atoms with Crippen molar-refractivity contribution in [2.75, 3.05) is 26.1 Å². The van der Waals surface area contributed by atoms with Gasteiger partial charge in [-0.2, -0.15) is 5.10 Å². The third-order valence-corrected chi connectivity index (χ3v) is 4.89. The molecule has 26 heavy (non-hydrogen) atoms. The number of ether oxygens (including phenoxy) is 2. The van der Waals surface area contributed by atoms with Gasteiger partial charge in [0.1, 0.15) is 23.0 Å². The van der Waals surface area contributed by atoms with E-state index >= 15 is 0 Å². The lowest BCUT2D eigenvalue weighted by Crippen LogP contribution is -2.06. The fourth-order valence-electron chi connectivity index (χ4n) is 3.42. The van der Waals surface area contributed by atoms with Gasteiger partial charge in [0.05, 0.1) is 19.9 Å². The van der Waals surface area contributed by atoms with Crippen LogP contribution in [0.1, 0.15) is 16.8 Å². The van der Waals surface area contributed by atoms with E-state index in [4.69, 9.17) is 26.2 Å². The first-order valence-electron chi connectivity index (χ1n) is 8.51. The van der Waals surface area contributed by atoms with E-state index in [0.717, 1.165) is 47.2 Å². The van der Waals surface area contributed by atoms with Crippen LogP contribution in [0.4, 0.5) is 5.82 Å². The fraction of sp³-hybridized carbons (Fsp3) is 0.250. The lowest BCUT2D eigenvalue weighted by atomic mass is 10.0. The average molecular weight is 370 g/mol. The molecule has 6 heteroatoms. The van der Waals surface area contributed by atoms with Crippen molar-refractivity contribution in [3.63, 3.8) is 0 Å². The van der Waals surface area contributed by atoms with Crippen LogP contribution in [-0.2, 0) is 12.8 Å². The first kappa shape index (κ1) is 16.8. The number of halogens is 1. The van der Waals surface area contributed by atoms with Gasteiger partial charge in [-0.25, -0.2) is 4.68 Å². The predicted octanol–water partition coefficient (Wildman–Crippen LogP) is 4.10. The van der Waals surface area contributed by atoms with Gasteiger partial charge >= 0.3 is 0 Å². The molecule has 1 aliphatic rings. The van der Waals surface area contributed by atoms with E-state index in [9.17, 15) is 0 Å². The minimum atomic E-state index is 0.648. The minimum Gasteiger partial charge on any atom is -0.496 e. The van der Waals surface area contributed by atoms with E-state index in [1.165, 1.54) is 5.56 Å². The topological polar surface area (TPSA) is 48.3 Å². The Labute approximate surface area is 157 Å². The number of nitrogens with one attached hydrogen (secondary N) is 1. The number of nitrogens with zero attached hydrogens (tertiary/aromatic N) is 2. The highest BCUT2D eigenvalue weighted by molar-refractivity contribution is 6.30. The van der Waals surface area contributed by atoms with Gasteiger partial charge in [0.2, 0.25) is 0 Å². The minimum absolute atomic E-state index is 0.648. The van der Waals surface area contributed by atoms with Crippen molar-refractivity contribution < 1.29 is 9.47 Å². The summed E-state index contributed by atoms with van der Waals surface area (Å²) in [5, 5.41) is 8.97. The van der Waals surface area contributed by atoms with E-state index in [2.05, 4.69) is 11.4 Å². The molecule has 0 spiro atoms. The number of benzene rings is 2. The highest BCUT2D eigenvalue weighted by Gasteiger charge is 2.25. The number of aromatic nitrogens is 2. The first-order valence-corrected chi connectivity index (χ1v) is 8.89. The maximum atomic E-state index is 6.22. The predicted molar refractivity (Wildman–Crippen MR) is 103 cm³/mol. The molecule has 0 saturated heterocycles. The Balaban J connectivity index is 1.80. The van der Waals surface area contributed by atoms with Crippen molar-refractivity contribution in [2.24, 2.45) is 0 Å². The number of methoxy groups -OCH3 is 2. The number of para-hydroxylation sites is 1. The molecule has 1 aliphatic heterocycles. The van der Waals surface area contributed by atoms with Gasteiger partial charge < -0.3 is 14.8 Å². The summed E-state index contributed by atoms with van der Waals surface area (Å²) in [5.41, 5.74) is 4.22. The van der Waals surface area contributed by atoms with Gasteiger partial charge in [0.25, 0.3) is 0 Å². The first-order chi connectivity index (χ1) is 12.7. The van der Waals surface area contributed by atoms with Gasteiger partial charge in [-0.15, -0.1) is 0 Å². The summed E-state index contributed by atoms with van der Waals surface area (Å²) in [6.45, 7) is 0.898. The standard InChI is InChI=1S/C20H20ClN3O2/c1-25-18-6-4-3-5-13(18)11-16-15-9-10-22-20(15)24(23-16)17-12-14(21)7-8-19(17)26-2/h3-8,12,22H,9-11H2,1-2H3. The van der Waals surface area contributed by atoms with Crippen LogP contribution >= 0.6 is 11.6 Å². The third-order valence-electron chi connectivity index (χ3n) is 4.65. The van der Waals surface area contributed by atoms with Crippen LogP contribution in [0.15, 0.2) is 42.5 Å². The molecule has 134 valence electrons. The van der Waals surface area contributed by atoms with Crippen LogP contribution in [0.3, 0.4) is 0 Å². The quantitative estimate of drug-likeness (QED) is 0.735. The Hall–Kier alpha value is -2.66. The second-order valence-corrected chi connectivity index (χ2v) is 6.60. The smallest absolute Gasteiger partial charge is 0.144 e. The van der Waals surface area contributed by atoms with Crippen LogP contribution in [0.5, 0.6) is 11.5 Å². The van der Waals surface area contributed by atoms with Crippen molar-refractivity contribution in [1.82, 2.24) is 9.78 Å². The highest BCUT2D eigenvalue weighted by atomic mass is 35.5. The Morgan fingerprint density at radius 1 is 1.12 bits per heavy atom. The number of hydrogen-bond acceptors (Lipinski definition) is 4. The molecule has 0 bridgehead atoms. The summed E-state index contributed by atoms with van der Waals surface area (Å²) < 4.78 is 12.9. The zero-order valence-electron chi connectivity index (χ0n) is 14.8. The molecular weight excluding hydrogens is 350 g/mol. The van der Waals surface area contributed by atoms with E-state index in [1.54, 1.807) is 14.2 Å². The zero-order valence-corrected chi connectivity index (χ0v) is 15.5. The number of fused-ring (bicyclic) bond motifs is 1. The fourth-order valence-corrected chi connectivity index (χ4v) is 3.59. The molecular formula is C20H20ClN3O2. The lowest BCUT2D eigenvalue weighted by molar-refractivity contribution is 0.410. The SMILES string of the molecule is COc1ccccc1Cc1nn(-c2cc(Cl)ccc2OC)c2c1CCN2. The molecule has 3 aromatic rings. The molecule has 0 radical (unpaired) electrons. The molecule has 2 heterocycles. The molecule has 5 nitrogen and oxygen atoms in total. The van der Waals surface area contributed by atoms with E-state index in [0.29, 0.717) is 11.4 Å². The van der Waals surface area contributed by atoms with E-state index in [1.807, 2.05) is 41.1 Å². The normalized spacial score (nSPS) is 12.6. The van der Waals surface area contributed by atoms with Crippen molar-refractivity contribution in [3.8, 4) is 17.2 Å². The molecule has 1 N–H and O–H groups in total.